The van der Waals surface area contributed by atoms with Gasteiger partial charge in [-0.25, -0.2) is 0 Å². The maximum Gasteiger partial charge on any atom is 0.416 e. The van der Waals surface area contributed by atoms with Crippen LogP contribution < -0.4 is 5.32 Å². The van der Waals surface area contributed by atoms with Crippen LogP contribution in [0, 0.1) is 0 Å². The SMILES string of the molecule is COC1COCCC1NC(CCCN(C)C)CCC(=O)N1CCc2ccc(C(F)(F)F)cc2C1. The number of benzene rings is 1. The number of rotatable bonds is 10. The molecular formula is C25H38F3N3O3. The van der Waals surface area contributed by atoms with E-state index in [1.54, 1.807) is 18.1 Å². The third-order valence-corrected chi connectivity index (χ3v) is 6.82. The summed E-state index contributed by atoms with van der Waals surface area (Å²) in [5, 5.41) is 3.71. The summed E-state index contributed by atoms with van der Waals surface area (Å²) in [4.78, 5) is 16.9. The number of alkyl halides is 3. The number of ether oxygens (including phenoxy) is 2. The number of amides is 1. The number of fused-ring (bicyclic) bond motifs is 1. The Morgan fingerprint density at radius 1 is 1.29 bits per heavy atom. The van der Waals surface area contributed by atoms with Crippen molar-refractivity contribution in [3.05, 3.63) is 34.9 Å². The lowest BCUT2D eigenvalue weighted by molar-refractivity contribution is -0.137. The van der Waals surface area contributed by atoms with Crippen molar-refractivity contribution in [2.75, 3.05) is 47.5 Å². The molecule has 0 bridgehead atoms. The summed E-state index contributed by atoms with van der Waals surface area (Å²) < 4.78 is 50.5. The van der Waals surface area contributed by atoms with Gasteiger partial charge in [-0.1, -0.05) is 6.07 Å². The van der Waals surface area contributed by atoms with E-state index in [-0.39, 0.29) is 30.6 Å². The van der Waals surface area contributed by atoms with Crippen molar-refractivity contribution in [2.45, 2.75) is 69.4 Å². The fourth-order valence-corrected chi connectivity index (χ4v) is 4.80. The van der Waals surface area contributed by atoms with E-state index < -0.39 is 11.7 Å². The summed E-state index contributed by atoms with van der Waals surface area (Å²) in [6, 6.07) is 4.21. The molecule has 9 heteroatoms. The largest absolute Gasteiger partial charge is 0.416 e. The monoisotopic (exact) mass is 485 g/mol. The molecule has 0 aromatic heterocycles. The summed E-state index contributed by atoms with van der Waals surface area (Å²) >= 11 is 0. The molecule has 1 fully saturated rings. The quantitative estimate of drug-likeness (QED) is 0.550. The van der Waals surface area contributed by atoms with Gasteiger partial charge >= 0.3 is 6.18 Å². The molecule has 1 saturated heterocycles. The van der Waals surface area contributed by atoms with Crippen molar-refractivity contribution in [3.63, 3.8) is 0 Å². The third-order valence-electron chi connectivity index (χ3n) is 6.82. The number of hydrogen-bond donors (Lipinski definition) is 1. The molecular weight excluding hydrogens is 447 g/mol. The maximum atomic E-state index is 13.1. The predicted molar refractivity (Wildman–Crippen MR) is 125 cm³/mol. The smallest absolute Gasteiger partial charge is 0.379 e. The number of nitrogens with zero attached hydrogens (tertiary/aromatic N) is 2. The van der Waals surface area contributed by atoms with Crippen LogP contribution in [-0.2, 0) is 33.4 Å². The predicted octanol–water partition coefficient (Wildman–Crippen LogP) is 3.47. The number of methoxy groups -OCH3 is 1. The highest BCUT2D eigenvalue weighted by Gasteiger charge is 2.32. The standard InChI is InChI=1S/C25H38F3N3O3/c1-30(2)12-4-5-21(29-22-11-14-34-17-23(22)33-3)8-9-24(32)31-13-10-18-6-7-20(25(26,27)28)15-19(18)16-31/h6-7,15,21-23,29H,4-5,8-14,16-17H2,1-3H3. The fraction of sp³-hybridized carbons (Fsp3) is 0.720. The van der Waals surface area contributed by atoms with Crippen molar-refractivity contribution < 1.29 is 27.4 Å². The Kier molecular flexibility index (Phi) is 9.76. The first kappa shape index (κ1) is 26.9. The second-order valence-electron chi connectivity index (χ2n) is 9.64. The Bertz CT molecular complexity index is 803. The first-order chi connectivity index (χ1) is 16.2. The van der Waals surface area contributed by atoms with Crippen LogP contribution >= 0.6 is 0 Å². The van der Waals surface area contributed by atoms with Crippen LogP contribution in [0.2, 0.25) is 0 Å². The molecule has 3 atom stereocenters. The first-order valence-electron chi connectivity index (χ1n) is 12.2. The van der Waals surface area contributed by atoms with Gasteiger partial charge in [0.25, 0.3) is 0 Å². The zero-order valence-corrected chi connectivity index (χ0v) is 20.5. The molecule has 1 N–H and O–H groups in total. The highest BCUT2D eigenvalue weighted by atomic mass is 19.4. The van der Waals surface area contributed by atoms with Gasteiger partial charge in [0.15, 0.2) is 0 Å². The molecule has 1 aromatic rings. The number of halogens is 3. The molecule has 2 aliphatic rings. The highest BCUT2D eigenvalue weighted by Crippen LogP contribution is 2.32. The molecule has 3 unspecified atom stereocenters. The second kappa shape index (κ2) is 12.3. The molecule has 2 aliphatic heterocycles. The van der Waals surface area contributed by atoms with Crippen molar-refractivity contribution in [2.24, 2.45) is 0 Å². The Labute approximate surface area is 200 Å². The van der Waals surface area contributed by atoms with Gasteiger partial charge in [-0.3, -0.25) is 4.79 Å². The summed E-state index contributed by atoms with van der Waals surface area (Å²) in [6.45, 7) is 3.00. The van der Waals surface area contributed by atoms with E-state index in [1.165, 1.54) is 6.07 Å². The molecule has 3 rings (SSSR count). The lowest BCUT2D eigenvalue weighted by atomic mass is 9.96. The Balaban J connectivity index is 1.58. The van der Waals surface area contributed by atoms with Gasteiger partial charge in [-0.2, -0.15) is 13.2 Å². The van der Waals surface area contributed by atoms with E-state index >= 15 is 0 Å². The lowest BCUT2D eigenvalue weighted by Crippen LogP contribution is -2.51. The molecule has 1 aromatic carbocycles. The zero-order chi connectivity index (χ0) is 24.7. The van der Waals surface area contributed by atoms with Crippen LogP contribution in [-0.4, -0.2) is 81.4 Å². The van der Waals surface area contributed by atoms with Crippen LogP contribution in [0.15, 0.2) is 18.2 Å². The van der Waals surface area contributed by atoms with Gasteiger partial charge in [0, 0.05) is 45.3 Å². The topological polar surface area (TPSA) is 54.0 Å². The molecule has 2 heterocycles. The van der Waals surface area contributed by atoms with E-state index in [4.69, 9.17) is 9.47 Å². The summed E-state index contributed by atoms with van der Waals surface area (Å²) in [5.74, 6) is -0.00209. The lowest BCUT2D eigenvalue weighted by Gasteiger charge is -2.35. The van der Waals surface area contributed by atoms with Crippen molar-refractivity contribution >= 4 is 5.91 Å². The number of nitrogens with one attached hydrogen (secondary N) is 1. The molecule has 34 heavy (non-hydrogen) atoms. The zero-order valence-electron chi connectivity index (χ0n) is 20.5. The molecule has 6 nitrogen and oxygen atoms in total. The maximum absolute atomic E-state index is 13.1. The van der Waals surface area contributed by atoms with E-state index in [2.05, 4.69) is 10.2 Å². The Morgan fingerprint density at radius 2 is 2.09 bits per heavy atom. The second-order valence-corrected chi connectivity index (χ2v) is 9.64. The van der Waals surface area contributed by atoms with Gasteiger partial charge in [-0.05, 0) is 76.0 Å². The normalized spacial score (nSPS) is 22.0. The Morgan fingerprint density at radius 3 is 2.79 bits per heavy atom. The van der Waals surface area contributed by atoms with Crippen molar-refractivity contribution in [1.29, 1.82) is 0 Å². The van der Waals surface area contributed by atoms with E-state index in [0.29, 0.717) is 44.6 Å². The van der Waals surface area contributed by atoms with Gasteiger partial charge in [0.2, 0.25) is 5.91 Å². The van der Waals surface area contributed by atoms with E-state index in [1.807, 2.05) is 14.1 Å². The van der Waals surface area contributed by atoms with Gasteiger partial charge < -0.3 is 24.6 Å². The van der Waals surface area contributed by atoms with Crippen LogP contribution in [0.5, 0.6) is 0 Å². The Hall–Kier alpha value is -1.68. The average Bonchev–Trinajstić information content (AvgIpc) is 2.81. The minimum absolute atomic E-state index is 0.00209. The minimum Gasteiger partial charge on any atom is -0.379 e. The van der Waals surface area contributed by atoms with Crippen molar-refractivity contribution in [3.8, 4) is 0 Å². The highest BCUT2D eigenvalue weighted by molar-refractivity contribution is 5.76. The minimum atomic E-state index is -4.38. The summed E-state index contributed by atoms with van der Waals surface area (Å²) in [6.07, 6.45) is 0.0658. The van der Waals surface area contributed by atoms with Crippen LogP contribution in [0.25, 0.3) is 0 Å². The molecule has 1 amide bonds. The molecule has 0 aliphatic carbocycles. The van der Waals surface area contributed by atoms with Gasteiger partial charge in [-0.15, -0.1) is 0 Å². The van der Waals surface area contributed by atoms with Crippen LogP contribution in [0.4, 0.5) is 13.2 Å². The van der Waals surface area contributed by atoms with Crippen LogP contribution in [0.3, 0.4) is 0 Å². The molecule has 0 spiro atoms. The van der Waals surface area contributed by atoms with Gasteiger partial charge in [0.05, 0.1) is 18.3 Å². The van der Waals surface area contributed by atoms with Crippen LogP contribution in [0.1, 0.15) is 48.8 Å². The summed E-state index contributed by atoms with van der Waals surface area (Å²) in [5.41, 5.74) is 0.834. The molecule has 0 saturated carbocycles. The van der Waals surface area contributed by atoms with E-state index in [0.717, 1.165) is 37.4 Å². The third kappa shape index (κ3) is 7.66. The first-order valence-corrected chi connectivity index (χ1v) is 12.2. The van der Waals surface area contributed by atoms with Gasteiger partial charge in [0.1, 0.15) is 0 Å². The van der Waals surface area contributed by atoms with E-state index in [9.17, 15) is 18.0 Å². The average molecular weight is 486 g/mol. The summed E-state index contributed by atoms with van der Waals surface area (Å²) in [7, 11) is 5.78. The molecule has 0 radical (unpaired) electrons. The van der Waals surface area contributed by atoms with Crippen molar-refractivity contribution in [1.82, 2.24) is 15.1 Å². The number of hydrogen-bond acceptors (Lipinski definition) is 5. The number of carbonyl (C=O) groups is 1. The number of carbonyl (C=O) groups excluding carboxylic acids is 1. The fourth-order valence-electron chi connectivity index (χ4n) is 4.80. The molecule has 192 valence electrons.